The first kappa shape index (κ1) is 20.1. The molecule has 0 bridgehead atoms. The molecule has 28 heavy (non-hydrogen) atoms. The average Bonchev–Trinajstić information content (AvgIpc) is 3.07. The number of carbonyl (C=O) groups is 1. The van der Waals surface area contributed by atoms with Crippen molar-refractivity contribution < 1.29 is 9.18 Å². The Balaban J connectivity index is 1.67. The molecule has 3 aromatic rings. The second-order valence-electron chi connectivity index (χ2n) is 6.58. The smallest absolute Gasteiger partial charge is 0.234 e. The highest BCUT2D eigenvalue weighted by atomic mass is 32.2. The van der Waals surface area contributed by atoms with E-state index in [4.69, 9.17) is 0 Å². The van der Waals surface area contributed by atoms with Crippen LogP contribution in [0.4, 0.5) is 10.1 Å². The highest BCUT2D eigenvalue weighted by molar-refractivity contribution is 7.99. The van der Waals surface area contributed by atoms with Crippen LogP contribution in [0.3, 0.4) is 0 Å². The number of nitrogens with zero attached hydrogens (tertiary/aromatic N) is 3. The molecule has 146 valence electrons. The highest BCUT2D eigenvalue weighted by Crippen LogP contribution is 2.27. The van der Waals surface area contributed by atoms with E-state index in [1.54, 1.807) is 29.8 Å². The number of halogens is 1. The summed E-state index contributed by atoms with van der Waals surface area (Å²) in [6.45, 7) is 4.27. The van der Waals surface area contributed by atoms with Gasteiger partial charge in [-0.25, -0.2) is 4.39 Å². The van der Waals surface area contributed by atoms with Crippen LogP contribution in [0.25, 0.3) is 11.4 Å². The van der Waals surface area contributed by atoms with Gasteiger partial charge in [0, 0.05) is 12.7 Å². The van der Waals surface area contributed by atoms with Gasteiger partial charge in [0.15, 0.2) is 11.0 Å². The lowest BCUT2D eigenvalue weighted by molar-refractivity contribution is -0.113. The molecule has 1 amide bonds. The number of nitrogens with one attached hydrogen (secondary N) is 1. The number of aromatic nitrogens is 3. The van der Waals surface area contributed by atoms with Gasteiger partial charge >= 0.3 is 0 Å². The van der Waals surface area contributed by atoms with Crippen molar-refractivity contribution in [3.63, 3.8) is 0 Å². The number of benzene rings is 2. The summed E-state index contributed by atoms with van der Waals surface area (Å²) in [7, 11) is 1.76. The Morgan fingerprint density at radius 2 is 1.89 bits per heavy atom. The van der Waals surface area contributed by atoms with Gasteiger partial charge in [0.25, 0.3) is 0 Å². The van der Waals surface area contributed by atoms with E-state index in [0.717, 1.165) is 17.7 Å². The fraction of sp³-hybridized carbons (Fsp3) is 0.286. The molecule has 7 heteroatoms. The van der Waals surface area contributed by atoms with Gasteiger partial charge in [0.05, 0.1) is 11.3 Å². The van der Waals surface area contributed by atoms with Crippen molar-refractivity contribution in [2.45, 2.75) is 31.3 Å². The van der Waals surface area contributed by atoms with Crippen LogP contribution in [0.1, 0.15) is 31.7 Å². The molecule has 0 spiro atoms. The van der Waals surface area contributed by atoms with E-state index in [-0.39, 0.29) is 17.5 Å². The van der Waals surface area contributed by atoms with Crippen molar-refractivity contribution in [3.05, 3.63) is 59.9 Å². The van der Waals surface area contributed by atoms with Crippen LogP contribution >= 0.6 is 11.8 Å². The molecule has 0 aliphatic carbocycles. The lowest BCUT2D eigenvalue weighted by atomic mass is 9.97. The second-order valence-corrected chi connectivity index (χ2v) is 7.52. The fourth-order valence-electron chi connectivity index (χ4n) is 2.89. The minimum Gasteiger partial charge on any atom is -0.325 e. The van der Waals surface area contributed by atoms with Crippen LogP contribution in [-0.2, 0) is 11.8 Å². The lowest BCUT2D eigenvalue weighted by Crippen LogP contribution is -2.16. The Hall–Kier alpha value is -2.67. The first-order chi connectivity index (χ1) is 13.5. The summed E-state index contributed by atoms with van der Waals surface area (Å²) in [5, 5.41) is 11.7. The van der Waals surface area contributed by atoms with Crippen molar-refractivity contribution in [1.82, 2.24) is 14.8 Å². The summed E-state index contributed by atoms with van der Waals surface area (Å²) in [6.07, 6.45) is 0.999. The van der Waals surface area contributed by atoms with Crippen molar-refractivity contribution in [2.75, 3.05) is 11.1 Å². The number of anilines is 1. The van der Waals surface area contributed by atoms with E-state index in [2.05, 4.69) is 29.4 Å². The topological polar surface area (TPSA) is 59.8 Å². The first-order valence-corrected chi connectivity index (χ1v) is 10.2. The zero-order valence-corrected chi connectivity index (χ0v) is 17.0. The maximum atomic E-state index is 14.0. The number of rotatable bonds is 7. The van der Waals surface area contributed by atoms with E-state index < -0.39 is 0 Å². The number of hydrogen-bond acceptors (Lipinski definition) is 4. The molecule has 0 aliphatic heterocycles. The predicted molar refractivity (Wildman–Crippen MR) is 111 cm³/mol. The average molecular weight is 399 g/mol. The Morgan fingerprint density at radius 3 is 2.64 bits per heavy atom. The van der Waals surface area contributed by atoms with Gasteiger partial charge in [-0.2, -0.15) is 0 Å². The molecule has 2 aromatic carbocycles. The van der Waals surface area contributed by atoms with Crippen LogP contribution in [0.15, 0.2) is 53.7 Å². The van der Waals surface area contributed by atoms with Crippen molar-refractivity contribution in [1.29, 1.82) is 0 Å². The predicted octanol–water partition coefficient (Wildman–Crippen LogP) is 4.87. The minimum absolute atomic E-state index is 0.115. The summed E-state index contributed by atoms with van der Waals surface area (Å²) in [4.78, 5) is 12.4. The summed E-state index contributed by atoms with van der Waals surface area (Å²) >= 11 is 1.27. The van der Waals surface area contributed by atoms with E-state index in [1.807, 2.05) is 24.3 Å². The molecule has 0 aliphatic rings. The molecular formula is C21H23FN4OS. The number of amides is 1. The molecule has 1 aromatic heterocycles. The lowest BCUT2D eigenvalue weighted by Gasteiger charge is -2.15. The first-order valence-electron chi connectivity index (χ1n) is 9.17. The minimum atomic E-state index is -0.353. The fourth-order valence-corrected chi connectivity index (χ4v) is 3.61. The van der Waals surface area contributed by atoms with Gasteiger partial charge < -0.3 is 9.88 Å². The van der Waals surface area contributed by atoms with E-state index in [1.165, 1.54) is 17.8 Å². The molecule has 0 saturated carbocycles. The van der Waals surface area contributed by atoms with Crippen LogP contribution in [-0.4, -0.2) is 26.4 Å². The molecule has 1 atom stereocenters. The molecule has 3 rings (SSSR count). The zero-order valence-electron chi connectivity index (χ0n) is 16.1. The van der Waals surface area contributed by atoms with E-state index >= 15 is 0 Å². The molecular weight excluding hydrogens is 375 g/mol. The van der Waals surface area contributed by atoms with Gasteiger partial charge in [-0.3, -0.25) is 4.79 Å². The highest BCUT2D eigenvalue weighted by Gasteiger charge is 2.16. The third-order valence-corrected chi connectivity index (χ3v) is 5.68. The molecule has 1 N–H and O–H groups in total. The Morgan fingerprint density at radius 1 is 1.18 bits per heavy atom. The molecule has 0 saturated heterocycles. The van der Waals surface area contributed by atoms with Gasteiger partial charge in [-0.05, 0) is 36.1 Å². The van der Waals surface area contributed by atoms with Gasteiger partial charge in [0.2, 0.25) is 5.91 Å². The number of thioether (sulfide) groups is 1. The van der Waals surface area contributed by atoms with Crippen molar-refractivity contribution in [2.24, 2.45) is 7.05 Å². The molecule has 1 heterocycles. The SMILES string of the molecule is CC[C@@H](C)c1ccccc1NC(=O)CSc1nnc(-c2ccccc2F)n1C. The zero-order chi connectivity index (χ0) is 20.1. The van der Waals surface area contributed by atoms with E-state index in [9.17, 15) is 9.18 Å². The largest absolute Gasteiger partial charge is 0.325 e. The number of para-hydroxylation sites is 1. The second kappa shape index (κ2) is 9.01. The summed E-state index contributed by atoms with van der Waals surface area (Å²) in [6, 6.07) is 14.3. The standard InChI is InChI=1S/C21H23FN4OS/c1-4-14(2)15-9-6-8-12-18(15)23-19(27)13-28-21-25-24-20(26(21)3)16-10-5-7-11-17(16)22/h5-12,14H,4,13H2,1-3H3,(H,23,27)/t14-/m1/s1. The monoisotopic (exact) mass is 398 g/mol. The Labute approximate surface area is 168 Å². The third-order valence-electron chi connectivity index (χ3n) is 4.66. The number of carbonyl (C=O) groups excluding carboxylic acids is 1. The molecule has 0 fully saturated rings. The quantitative estimate of drug-likeness (QED) is 0.577. The van der Waals surface area contributed by atoms with Gasteiger partial charge in [-0.15, -0.1) is 10.2 Å². The van der Waals surface area contributed by atoms with E-state index in [0.29, 0.717) is 22.5 Å². The van der Waals surface area contributed by atoms with Crippen LogP contribution < -0.4 is 5.32 Å². The maximum Gasteiger partial charge on any atom is 0.234 e. The number of hydrogen-bond donors (Lipinski definition) is 1. The molecule has 0 radical (unpaired) electrons. The summed E-state index contributed by atoms with van der Waals surface area (Å²) < 4.78 is 15.7. The summed E-state index contributed by atoms with van der Waals surface area (Å²) in [5.41, 5.74) is 2.35. The van der Waals surface area contributed by atoms with Gasteiger partial charge in [0.1, 0.15) is 5.82 Å². The molecule has 0 unspecified atom stereocenters. The van der Waals surface area contributed by atoms with Crippen LogP contribution in [0.2, 0.25) is 0 Å². The van der Waals surface area contributed by atoms with Crippen LogP contribution in [0.5, 0.6) is 0 Å². The third kappa shape index (κ3) is 4.42. The van der Waals surface area contributed by atoms with Gasteiger partial charge in [-0.1, -0.05) is 55.9 Å². The summed E-state index contributed by atoms with van der Waals surface area (Å²) in [5.74, 6) is 0.525. The normalized spacial score (nSPS) is 12.0. The maximum absolute atomic E-state index is 14.0. The van der Waals surface area contributed by atoms with Crippen LogP contribution in [0, 0.1) is 5.82 Å². The Bertz CT molecular complexity index is 973. The Kier molecular flexibility index (Phi) is 6.46. The van der Waals surface area contributed by atoms with Crippen molar-refractivity contribution in [3.8, 4) is 11.4 Å². The molecule has 5 nitrogen and oxygen atoms in total. The van der Waals surface area contributed by atoms with Crippen molar-refractivity contribution >= 4 is 23.4 Å².